The van der Waals surface area contributed by atoms with Gasteiger partial charge in [0, 0.05) is 24.3 Å². The number of rotatable bonds is 5. The standard InChI is InChI=1S/C18H24N4O2SSi/c1-18(2,3)26(4,5)24-11-12-10-23-15-14(12)6-7-20-16(15)22-17-21-9-13(8-19)25-17/h6-7,9,12H,10-11H2,1-5H3,(H,20,21,22). The van der Waals surface area contributed by atoms with Crippen molar-refractivity contribution in [2.24, 2.45) is 0 Å². The fourth-order valence-electron chi connectivity index (χ4n) is 2.45. The summed E-state index contributed by atoms with van der Waals surface area (Å²) in [6.07, 6.45) is 3.32. The lowest BCUT2D eigenvalue weighted by molar-refractivity contribution is 0.232. The van der Waals surface area contributed by atoms with Crippen molar-refractivity contribution >= 4 is 30.6 Å². The van der Waals surface area contributed by atoms with E-state index in [0.29, 0.717) is 29.0 Å². The quantitative estimate of drug-likeness (QED) is 0.751. The molecule has 1 aliphatic heterocycles. The highest BCUT2D eigenvalue weighted by Crippen LogP contribution is 2.42. The zero-order chi connectivity index (χ0) is 18.9. The van der Waals surface area contributed by atoms with E-state index in [1.165, 1.54) is 11.3 Å². The Hall–Kier alpha value is -1.95. The van der Waals surface area contributed by atoms with E-state index in [2.05, 4.69) is 55.2 Å². The SMILES string of the molecule is CC(C)(C)[Si](C)(C)OCC1COc2c1ccnc2Nc1ncc(C#N)s1. The van der Waals surface area contributed by atoms with Gasteiger partial charge < -0.3 is 14.5 Å². The first-order valence-corrected chi connectivity index (χ1v) is 12.3. The van der Waals surface area contributed by atoms with Gasteiger partial charge in [0.15, 0.2) is 25.0 Å². The second-order valence-corrected chi connectivity index (χ2v) is 13.8. The largest absolute Gasteiger partial charge is 0.489 e. The Morgan fingerprint density at radius 1 is 1.42 bits per heavy atom. The van der Waals surface area contributed by atoms with E-state index in [0.717, 1.165) is 11.3 Å². The van der Waals surface area contributed by atoms with Crippen LogP contribution in [-0.4, -0.2) is 31.5 Å². The molecule has 3 rings (SSSR count). The van der Waals surface area contributed by atoms with Crippen LogP contribution in [0.4, 0.5) is 10.9 Å². The summed E-state index contributed by atoms with van der Waals surface area (Å²) < 4.78 is 12.3. The number of anilines is 2. The number of fused-ring (bicyclic) bond motifs is 1. The second-order valence-electron chi connectivity index (χ2n) is 7.92. The van der Waals surface area contributed by atoms with E-state index in [-0.39, 0.29) is 11.0 Å². The van der Waals surface area contributed by atoms with E-state index in [1.54, 1.807) is 12.4 Å². The first kappa shape index (κ1) is 18.8. The Morgan fingerprint density at radius 3 is 2.85 bits per heavy atom. The van der Waals surface area contributed by atoms with Gasteiger partial charge in [0.05, 0.1) is 12.8 Å². The number of nitrogens with zero attached hydrogens (tertiary/aromatic N) is 3. The zero-order valence-corrected chi connectivity index (χ0v) is 17.6. The van der Waals surface area contributed by atoms with Gasteiger partial charge in [-0.3, -0.25) is 0 Å². The molecule has 0 amide bonds. The van der Waals surface area contributed by atoms with Gasteiger partial charge >= 0.3 is 0 Å². The van der Waals surface area contributed by atoms with Crippen molar-refractivity contribution in [2.75, 3.05) is 18.5 Å². The second kappa shape index (κ2) is 6.99. The number of pyridine rings is 1. The van der Waals surface area contributed by atoms with Crippen LogP contribution < -0.4 is 10.1 Å². The predicted molar refractivity (Wildman–Crippen MR) is 106 cm³/mol. The topological polar surface area (TPSA) is 80.1 Å². The lowest BCUT2D eigenvalue weighted by atomic mass is 10.0. The highest BCUT2D eigenvalue weighted by molar-refractivity contribution is 7.16. The van der Waals surface area contributed by atoms with Crippen LogP contribution in [0.5, 0.6) is 5.75 Å². The lowest BCUT2D eigenvalue weighted by Crippen LogP contribution is -2.41. The summed E-state index contributed by atoms with van der Waals surface area (Å²) in [6, 6.07) is 4.08. The average Bonchev–Trinajstić information content (AvgIpc) is 3.19. The van der Waals surface area contributed by atoms with Crippen LogP contribution in [0.25, 0.3) is 0 Å². The van der Waals surface area contributed by atoms with Crippen molar-refractivity contribution in [3.05, 3.63) is 28.9 Å². The number of aromatic nitrogens is 2. The minimum atomic E-state index is -1.80. The van der Waals surface area contributed by atoms with E-state index in [9.17, 15) is 0 Å². The van der Waals surface area contributed by atoms with Gasteiger partial charge in [-0.2, -0.15) is 5.26 Å². The third kappa shape index (κ3) is 3.75. The van der Waals surface area contributed by atoms with Crippen molar-refractivity contribution in [3.63, 3.8) is 0 Å². The normalized spacial score (nSPS) is 16.7. The molecule has 26 heavy (non-hydrogen) atoms. The summed E-state index contributed by atoms with van der Waals surface area (Å²) in [4.78, 5) is 9.13. The van der Waals surface area contributed by atoms with Gasteiger partial charge in [-0.25, -0.2) is 9.97 Å². The minimum Gasteiger partial charge on any atom is -0.489 e. The predicted octanol–water partition coefficient (Wildman–Crippen LogP) is 4.65. The third-order valence-corrected chi connectivity index (χ3v) is 10.4. The molecule has 0 bridgehead atoms. The molecule has 0 aromatic carbocycles. The maximum absolute atomic E-state index is 8.93. The lowest BCUT2D eigenvalue weighted by Gasteiger charge is -2.36. The highest BCUT2D eigenvalue weighted by atomic mass is 32.1. The Kier molecular flexibility index (Phi) is 5.06. The number of hydrogen-bond donors (Lipinski definition) is 1. The Morgan fingerprint density at radius 2 is 2.19 bits per heavy atom. The average molecular weight is 389 g/mol. The Balaban J connectivity index is 1.74. The zero-order valence-electron chi connectivity index (χ0n) is 15.8. The van der Waals surface area contributed by atoms with Gasteiger partial charge in [-0.1, -0.05) is 32.1 Å². The maximum atomic E-state index is 8.93. The summed E-state index contributed by atoms with van der Waals surface area (Å²) in [7, 11) is -1.80. The van der Waals surface area contributed by atoms with Gasteiger partial charge in [0.1, 0.15) is 10.9 Å². The van der Waals surface area contributed by atoms with Gasteiger partial charge in [0.2, 0.25) is 0 Å². The summed E-state index contributed by atoms with van der Waals surface area (Å²) >= 11 is 1.29. The van der Waals surface area contributed by atoms with Crippen molar-refractivity contribution in [1.29, 1.82) is 5.26 Å². The molecule has 0 spiro atoms. The van der Waals surface area contributed by atoms with Crippen molar-refractivity contribution < 1.29 is 9.16 Å². The number of thiazole rings is 1. The van der Waals surface area contributed by atoms with E-state index in [4.69, 9.17) is 14.4 Å². The van der Waals surface area contributed by atoms with Crippen LogP contribution in [0.1, 0.15) is 37.1 Å². The number of nitrogens with one attached hydrogen (secondary N) is 1. The monoisotopic (exact) mass is 388 g/mol. The molecule has 1 N–H and O–H groups in total. The molecule has 2 aromatic heterocycles. The van der Waals surface area contributed by atoms with Crippen molar-refractivity contribution in [3.8, 4) is 11.8 Å². The smallest absolute Gasteiger partial charge is 0.192 e. The summed E-state index contributed by atoms with van der Waals surface area (Å²) in [5.74, 6) is 1.59. The molecule has 6 nitrogen and oxygen atoms in total. The van der Waals surface area contributed by atoms with E-state index >= 15 is 0 Å². The van der Waals surface area contributed by atoms with Crippen LogP contribution in [0.2, 0.25) is 18.1 Å². The molecule has 138 valence electrons. The van der Waals surface area contributed by atoms with E-state index in [1.807, 2.05) is 6.07 Å². The number of nitriles is 1. The number of ether oxygens (including phenoxy) is 1. The molecule has 8 heteroatoms. The van der Waals surface area contributed by atoms with Gasteiger partial charge in [-0.15, -0.1) is 0 Å². The maximum Gasteiger partial charge on any atom is 0.192 e. The van der Waals surface area contributed by atoms with Crippen LogP contribution in [0.3, 0.4) is 0 Å². The summed E-state index contributed by atoms with van der Waals surface area (Å²) in [5, 5.41) is 12.9. The molecule has 3 heterocycles. The van der Waals surface area contributed by atoms with Gasteiger partial charge in [0.25, 0.3) is 0 Å². The summed E-state index contributed by atoms with van der Waals surface area (Å²) in [6.45, 7) is 12.5. The Bertz CT molecular complexity index is 838. The molecule has 1 aliphatic rings. The first-order valence-electron chi connectivity index (χ1n) is 8.60. The molecule has 1 unspecified atom stereocenters. The fraction of sp³-hybridized carbons (Fsp3) is 0.500. The highest BCUT2D eigenvalue weighted by Gasteiger charge is 2.38. The molecule has 0 radical (unpaired) electrons. The molecular formula is C18H24N4O2SSi. The summed E-state index contributed by atoms with van der Waals surface area (Å²) in [5.41, 5.74) is 1.11. The molecule has 0 aliphatic carbocycles. The third-order valence-electron chi connectivity index (χ3n) is 5.10. The van der Waals surface area contributed by atoms with Gasteiger partial charge in [-0.05, 0) is 24.2 Å². The van der Waals surface area contributed by atoms with Crippen LogP contribution >= 0.6 is 11.3 Å². The van der Waals surface area contributed by atoms with E-state index < -0.39 is 8.32 Å². The molecule has 1 atom stereocenters. The number of hydrogen-bond acceptors (Lipinski definition) is 7. The van der Waals surface area contributed by atoms with Crippen LogP contribution in [-0.2, 0) is 4.43 Å². The molecule has 0 saturated heterocycles. The van der Waals surface area contributed by atoms with Crippen molar-refractivity contribution in [1.82, 2.24) is 9.97 Å². The molecular weight excluding hydrogens is 364 g/mol. The van der Waals surface area contributed by atoms with Crippen LogP contribution in [0, 0.1) is 11.3 Å². The molecule has 2 aromatic rings. The Labute approximate surface area is 159 Å². The molecule has 0 saturated carbocycles. The van der Waals surface area contributed by atoms with Crippen molar-refractivity contribution in [2.45, 2.75) is 44.8 Å². The first-order chi connectivity index (χ1) is 12.2. The molecule has 0 fully saturated rings. The van der Waals surface area contributed by atoms with Crippen LogP contribution in [0.15, 0.2) is 18.5 Å². The minimum absolute atomic E-state index is 0.184. The fourth-order valence-corrected chi connectivity index (χ4v) is 4.11.